The number of aromatic nitrogens is 3. The van der Waals surface area contributed by atoms with Crippen molar-refractivity contribution in [3.05, 3.63) is 21.0 Å². The Morgan fingerprint density at radius 3 is 2.53 bits per heavy atom. The van der Waals surface area contributed by atoms with Gasteiger partial charge in [0.05, 0.1) is 0 Å². The van der Waals surface area contributed by atoms with Crippen LogP contribution in [0.4, 0.5) is 5.95 Å². The zero-order chi connectivity index (χ0) is 10.8. The summed E-state index contributed by atoms with van der Waals surface area (Å²) < 4.78 is 0. The van der Waals surface area contributed by atoms with Gasteiger partial charge in [0.15, 0.2) is 0 Å². The summed E-state index contributed by atoms with van der Waals surface area (Å²) in [6, 6.07) is 0.204. The van der Waals surface area contributed by atoms with Gasteiger partial charge in [0.1, 0.15) is 0 Å². The topological polar surface area (TPSA) is 108 Å². The number of nitrogens with two attached hydrogens (primary N) is 1. The van der Waals surface area contributed by atoms with Crippen LogP contribution in [0, 0.1) is 0 Å². The van der Waals surface area contributed by atoms with E-state index in [1.807, 2.05) is 9.88 Å². The Morgan fingerprint density at radius 1 is 1.27 bits per heavy atom. The number of hydrogen-bond donors (Lipinski definition) is 3. The second-order valence-electron chi connectivity index (χ2n) is 3.64. The lowest BCUT2D eigenvalue weighted by Crippen LogP contribution is -2.42. The number of aromatic amines is 2. The lowest BCUT2D eigenvalue weighted by atomic mass is 10.1. The lowest BCUT2D eigenvalue weighted by Gasteiger charge is -2.29. The van der Waals surface area contributed by atoms with E-state index in [0.29, 0.717) is 19.0 Å². The summed E-state index contributed by atoms with van der Waals surface area (Å²) in [4.78, 5) is 32.1. The highest BCUT2D eigenvalue weighted by Crippen LogP contribution is 2.12. The number of anilines is 1. The third-order valence-corrected chi connectivity index (χ3v) is 2.49. The zero-order valence-corrected chi connectivity index (χ0v) is 8.19. The molecule has 0 aliphatic carbocycles. The SMILES string of the molecule is NC1CCN(c2nc(=O)[nH]c(=O)[nH]2)CC1. The van der Waals surface area contributed by atoms with Gasteiger partial charge in [-0.25, -0.2) is 9.59 Å². The summed E-state index contributed by atoms with van der Waals surface area (Å²) >= 11 is 0. The standard InChI is InChI=1S/C8H13N5O2/c9-5-1-3-13(4-2-5)6-10-7(14)12-8(15)11-6/h5H,1-4,9H2,(H2,10,11,12,14,15). The molecule has 0 radical (unpaired) electrons. The Balaban J connectivity index is 2.22. The monoisotopic (exact) mass is 211 g/mol. The first-order valence-corrected chi connectivity index (χ1v) is 4.86. The van der Waals surface area contributed by atoms with Gasteiger partial charge in [-0.3, -0.25) is 9.97 Å². The molecule has 2 heterocycles. The van der Waals surface area contributed by atoms with E-state index in [0.717, 1.165) is 12.8 Å². The Kier molecular flexibility index (Phi) is 2.55. The minimum Gasteiger partial charge on any atom is -0.342 e. The predicted octanol–water partition coefficient (Wildman–Crippen LogP) is -1.61. The Bertz CT molecular complexity index is 415. The summed E-state index contributed by atoms with van der Waals surface area (Å²) in [7, 11) is 0. The van der Waals surface area contributed by atoms with Crippen LogP contribution in [0.15, 0.2) is 9.59 Å². The van der Waals surface area contributed by atoms with Crippen LogP contribution in [0.5, 0.6) is 0 Å². The molecule has 0 bridgehead atoms. The molecular weight excluding hydrogens is 198 g/mol. The normalized spacial score (nSPS) is 18.1. The van der Waals surface area contributed by atoms with Gasteiger partial charge in [-0.05, 0) is 12.8 Å². The number of hydrogen-bond acceptors (Lipinski definition) is 5. The molecule has 0 spiro atoms. The van der Waals surface area contributed by atoms with Gasteiger partial charge in [-0.2, -0.15) is 4.98 Å². The van der Waals surface area contributed by atoms with Crippen molar-refractivity contribution in [1.82, 2.24) is 15.0 Å². The van der Waals surface area contributed by atoms with Crippen LogP contribution in [-0.4, -0.2) is 34.1 Å². The quantitative estimate of drug-likeness (QED) is 0.517. The van der Waals surface area contributed by atoms with Crippen molar-refractivity contribution in [2.24, 2.45) is 5.73 Å². The van der Waals surface area contributed by atoms with Crippen LogP contribution < -0.4 is 22.0 Å². The highest BCUT2D eigenvalue weighted by atomic mass is 16.2. The van der Waals surface area contributed by atoms with Crippen molar-refractivity contribution in [2.75, 3.05) is 18.0 Å². The van der Waals surface area contributed by atoms with Gasteiger partial charge in [0.2, 0.25) is 5.95 Å². The molecule has 1 saturated heterocycles. The van der Waals surface area contributed by atoms with E-state index in [4.69, 9.17) is 5.73 Å². The van der Waals surface area contributed by atoms with Crippen LogP contribution in [0.2, 0.25) is 0 Å². The van der Waals surface area contributed by atoms with Crippen molar-refractivity contribution >= 4 is 5.95 Å². The number of nitrogens with zero attached hydrogens (tertiary/aromatic N) is 2. The maximum Gasteiger partial charge on any atom is 0.352 e. The first-order valence-electron chi connectivity index (χ1n) is 4.86. The first-order chi connectivity index (χ1) is 7.15. The fraction of sp³-hybridized carbons (Fsp3) is 0.625. The van der Waals surface area contributed by atoms with Crippen molar-refractivity contribution < 1.29 is 0 Å². The van der Waals surface area contributed by atoms with Gasteiger partial charge in [-0.1, -0.05) is 0 Å². The summed E-state index contributed by atoms with van der Waals surface area (Å²) in [5, 5.41) is 0. The zero-order valence-electron chi connectivity index (χ0n) is 8.19. The van der Waals surface area contributed by atoms with E-state index in [-0.39, 0.29) is 6.04 Å². The average Bonchev–Trinajstić information content (AvgIpc) is 2.17. The Labute approximate surface area is 85.3 Å². The van der Waals surface area contributed by atoms with Crippen LogP contribution >= 0.6 is 0 Å². The molecule has 0 unspecified atom stereocenters. The maximum absolute atomic E-state index is 11.0. The van der Waals surface area contributed by atoms with Crippen LogP contribution in [-0.2, 0) is 0 Å². The van der Waals surface area contributed by atoms with Gasteiger partial charge < -0.3 is 10.6 Å². The lowest BCUT2D eigenvalue weighted by molar-refractivity contribution is 0.494. The van der Waals surface area contributed by atoms with Crippen LogP contribution in [0.1, 0.15) is 12.8 Å². The molecule has 82 valence electrons. The van der Waals surface area contributed by atoms with Gasteiger partial charge >= 0.3 is 11.4 Å². The fourth-order valence-electron chi connectivity index (χ4n) is 1.64. The maximum atomic E-state index is 11.0. The van der Waals surface area contributed by atoms with E-state index in [1.54, 1.807) is 0 Å². The number of rotatable bonds is 1. The fourth-order valence-corrected chi connectivity index (χ4v) is 1.64. The Morgan fingerprint density at radius 2 is 1.93 bits per heavy atom. The molecule has 7 nitrogen and oxygen atoms in total. The second kappa shape index (κ2) is 3.85. The molecular formula is C8H13N5O2. The second-order valence-corrected chi connectivity index (χ2v) is 3.64. The average molecular weight is 211 g/mol. The molecule has 0 aromatic carbocycles. The molecule has 0 amide bonds. The van der Waals surface area contributed by atoms with E-state index in [9.17, 15) is 9.59 Å². The van der Waals surface area contributed by atoms with Crippen molar-refractivity contribution in [2.45, 2.75) is 18.9 Å². The van der Waals surface area contributed by atoms with E-state index in [2.05, 4.69) is 9.97 Å². The van der Waals surface area contributed by atoms with E-state index < -0.39 is 11.4 Å². The largest absolute Gasteiger partial charge is 0.352 e. The minimum absolute atomic E-state index is 0.204. The van der Waals surface area contributed by atoms with Crippen LogP contribution in [0.3, 0.4) is 0 Å². The van der Waals surface area contributed by atoms with E-state index in [1.165, 1.54) is 0 Å². The Hall–Kier alpha value is -1.63. The molecule has 4 N–H and O–H groups in total. The molecule has 0 atom stereocenters. The highest BCUT2D eigenvalue weighted by molar-refractivity contribution is 5.28. The van der Waals surface area contributed by atoms with Gasteiger partial charge in [0.25, 0.3) is 0 Å². The summed E-state index contributed by atoms with van der Waals surface area (Å²) in [5.41, 5.74) is 4.60. The molecule has 0 saturated carbocycles. The molecule has 2 rings (SSSR count). The molecule has 1 aromatic rings. The minimum atomic E-state index is -0.622. The molecule has 15 heavy (non-hydrogen) atoms. The number of nitrogens with one attached hydrogen (secondary N) is 2. The molecule has 7 heteroatoms. The van der Waals surface area contributed by atoms with Gasteiger partial charge in [0, 0.05) is 19.1 Å². The highest BCUT2D eigenvalue weighted by Gasteiger charge is 2.18. The van der Waals surface area contributed by atoms with E-state index >= 15 is 0 Å². The number of piperidine rings is 1. The summed E-state index contributed by atoms with van der Waals surface area (Å²) in [6.45, 7) is 1.43. The van der Waals surface area contributed by atoms with Gasteiger partial charge in [-0.15, -0.1) is 0 Å². The molecule has 1 aliphatic heterocycles. The molecule has 1 aromatic heterocycles. The molecule has 1 fully saturated rings. The van der Waals surface area contributed by atoms with Crippen molar-refractivity contribution in [3.8, 4) is 0 Å². The summed E-state index contributed by atoms with van der Waals surface area (Å²) in [5.74, 6) is 0.329. The summed E-state index contributed by atoms with van der Waals surface area (Å²) in [6.07, 6.45) is 1.69. The smallest absolute Gasteiger partial charge is 0.342 e. The predicted molar refractivity (Wildman–Crippen MR) is 54.9 cm³/mol. The first kappa shape index (κ1) is 9.91. The van der Waals surface area contributed by atoms with Crippen LogP contribution in [0.25, 0.3) is 0 Å². The van der Waals surface area contributed by atoms with Crippen molar-refractivity contribution in [1.29, 1.82) is 0 Å². The van der Waals surface area contributed by atoms with Crippen molar-refractivity contribution in [3.63, 3.8) is 0 Å². The third-order valence-electron chi connectivity index (χ3n) is 2.49. The molecule has 1 aliphatic rings. The number of H-pyrrole nitrogens is 2. The third kappa shape index (κ3) is 2.24.